The van der Waals surface area contributed by atoms with Crippen LogP contribution in [0.1, 0.15) is 17.2 Å². The summed E-state index contributed by atoms with van der Waals surface area (Å²) in [7, 11) is 0. The van der Waals surface area contributed by atoms with E-state index in [1.165, 1.54) is 0 Å². The predicted molar refractivity (Wildman–Crippen MR) is 74.1 cm³/mol. The van der Waals surface area contributed by atoms with Crippen LogP contribution in [0.2, 0.25) is 0 Å². The van der Waals surface area contributed by atoms with Crippen LogP contribution in [0.25, 0.3) is 10.9 Å². The van der Waals surface area contributed by atoms with Gasteiger partial charge in [0, 0.05) is 11.6 Å². The number of benzene rings is 2. The van der Waals surface area contributed by atoms with Gasteiger partial charge in [-0.05, 0) is 35.4 Å². The van der Waals surface area contributed by atoms with E-state index in [0.29, 0.717) is 5.56 Å². The molecule has 0 bridgehead atoms. The number of halogens is 3. The zero-order valence-corrected chi connectivity index (χ0v) is 10.9. The molecule has 0 aliphatic rings. The Balaban J connectivity index is 2.05. The molecule has 0 aliphatic heterocycles. The molecule has 0 fully saturated rings. The van der Waals surface area contributed by atoms with Crippen molar-refractivity contribution in [1.82, 2.24) is 4.98 Å². The highest BCUT2D eigenvalue weighted by atomic mass is 19.2. The largest absolute Gasteiger partial charge is 0.320 e. The average molecular weight is 288 g/mol. The fourth-order valence-electron chi connectivity index (χ4n) is 2.21. The lowest BCUT2D eigenvalue weighted by molar-refractivity contribution is 0.444. The molecule has 0 aliphatic carbocycles. The molecule has 2 nitrogen and oxygen atoms in total. The van der Waals surface area contributed by atoms with E-state index >= 15 is 0 Å². The molecule has 1 atom stereocenters. The molecular weight excluding hydrogens is 277 g/mol. The second kappa shape index (κ2) is 5.18. The van der Waals surface area contributed by atoms with Crippen LogP contribution in [0, 0.1) is 17.5 Å². The molecule has 0 amide bonds. The average Bonchev–Trinajstić information content (AvgIpc) is 2.51. The molecule has 0 saturated carbocycles. The summed E-state index contributed by atoms with van der Waals surface area (Å²) in [6.45, 7) is 0. The second-order valence-electron chi connectivity index (χ2n) is 4.74. The van der Waals surface area contributed by atoms with Gasteiger partial charge in [0.1, 0.15) is 0 Å². The Morgan fingerprint density at radius 1 is 0.905 bits per heavy atom. The number of pyridine rings is 1. The Morgan fingerprint density at radius 2 is 1.57 bits per heavy atom. The molecule has 0 radical (unpaired) electrons. The van der Waals surface area contributed by atoms with Crippen molar-refractivity contribution in [3.05, 3.63) is 77.2 Å². The van der Waals surface area contributed by atoms with Crippen molar-refractivity contribution in [2.75, 3.05) is 0 Å². The summed E-state index contributed by atoms with van der Waals surface area (Å²) in [5.41, 5.74) is 7.55. The smallest absolute Gasteiger partial charge is 0.194 e. The van der Waals surface area contributed by atoms with Crippen LogP contribution >= 0.6 is 0 Å². The minimum Gasteiger partial charge on any atom is -0.320 e. The van der Waals surface area contributed by atoms with Crippen LogP contribution in [-0.4, -0.2) is 4.98 Å². The minimum atomic E-state index is -1.50. The van der Waals surface area contributed by atoms with Crippen LogP contribution in [-0.2, 0) is 0 Å². The number of nitrogens with zero attached hydrogens (tertiary/aromatic N) is 1. The molecule has 21 heavy (non-hydrogen) atoms. The Bertz CT molecular complexity index is 794. The summed E-state index contributed by atoms with van der Waals surface area (Å²) >= 11 is 0. The normalized spacial score (nSPS) is 12.6. The first-order valence-corrected chi connectivity index (χ1v) is 6.31. The second-order valence-corrected chi connectivity index (χ2v) is 4.74. The third-order valence-electron chi connectivity index (χ3n) is 3.34. The number of fused-ring (bicyclic) bond motifs is 1. The van der Waals surface area contributed by atoms with Crippen molar-refractivity contribution >= 4 is 10.9 Å². The van der Waals surface area contributed by atoms with Crippen molar-refractivity contribution in [3.8, 4) is 0 Å². The SMILES string of the molecule is NC(c1cc(F)c(F)c(F)c1)c1cnc2ccccc2c1. The van der Waals surface area contributed by atoms with E-state index in [0.717, 1.165) is 23.0 Å². The van der Waals surface area contributed by atoms with Gasteiger partial charge in [0.25, 0.3) is 0 Å². The van der Waals surface area contributed by atoms with Crippen LogP contribution in [0.3, 0.4) is 0 Å². The van der Waals surface area contributed by atoms with Gasteiger partial charge in [-0.2, -0.15) is 0 Å². The number of rotatable bonds is 2. The number of aromatic nitrogens is 1. The first-order chi connectivity index (χ1) is 10.1. The molecule has 5 heteroatoms. The molecular formula is C16H11F3N2. The number of nitrogens with two attached hydrogens (primary N) is 1. The summed E-state index contributed by atoms with van der Waals surface area (Å²) < 4.78 is 39.5. The number of hydrogen-bond donors (Lipinski definition) is 1. The maximum absolute atomic E-state index is 13.3. The first kappa shape index (κ1) is 13.6. The van der Waals surface area contributed by atoms with Crippen LogP contribution in [0.4, 0.5) is 13.2 Å². The molecule has 2 N–H and O–H groups in total. The molecule has 3 aromatic rings. The Labute approximate surface area is 119 Å². The summed E-state index contributed by atoms with van der Waals surface area (Å²) in [4.78, 5) is 4.25. The zero-order valence-electron chi connectivity index (χ0n) is 10.9. The quantitative estimate of drug-likeness (QED) is 0.730. The molecule has 106 valence electrons. The molecule has 0 spiro atoms. The summed E-state index contributed by atoms with van der Waals surface area (Å²) in [6, 6.07) is 10.2. The van der Waals surface area contributed by atoms with Gasteiger partial charge in [-0.1, -0.05) is 18.2 Å². The van der Waals surface area contributed by atoms with Crippen molar-refractivity contribution in [1.29, 1.82) is 0 Å². The van der Waals surface area contributed by atoms with Crippen molar-refractivity contribution in [3.63, 3.8) is 0 Å². The van der Waals surface area contributed by atoms with E-state index in [1.54, 1.807) is 12.3 Å². The topological polar surface area (TPSA) is 38.9 Å². The van der Waals surface area contributed by atoms with Crippen LogP contribution in [0.15, 0.2) is 48.7 Å². The van der Waals surface area contributed by atoms with Crippen molar-refractivity contribution in [2.24, 2.45) is 5.73 Å². The summed E-state index contributed by atoms with van der Waals surface area (Å²) in [5, 5.41) is 0.869. The number of para-hydroxylation sites is 1. The third kappa shape index (κ3) is 2.48. The highest BCUT2D eigenvalue weighted by Crippen LogP contribution is 2.24. The van der Waals surface area contributed by atoms with Crippen molar-refractivity contribution < 1.29 is 13.2 Å². The first-order valence-electron chi connectivity index (χ1n) is 6.31. The van der Waals surface area contributed by atoms with Gasteiger partial charge in [-0.15, -0.1) is 0 Å². The van der Waals surface area contributed by atoms with Crippen molar-refractivity contribution in [2.45, 2.75) is 6.04 Å². The summed E-state index contributed by atoms with van der Waals surface area (Å²) in [5.74, 6) is -4.01. The highest BCUT2D eigenvalue weighted by molar-refractivity contribution is 5.78. The van der Waals surface area contributed by atoms with Gasteiger partial charge < -0.3 is 5.73 Å². The van der Waals surface area contributed by atoms with Gasteiger partial charge >= 0.3 is 0 Å². The number of hydrogen-bond acceptors (Lipinski definition) is 2. The van der Waals surface area contributed by atoms with Gasteiger partial charge in [0.15, 0.2) is 17.5 Å². The highest BCUT2D eigenvalue weighted by Gasteiger charge is 2.16. The lowest BCUT2D eigenvalue weighted by Crippen LogP contribution is -2.13. The van der Waals surface area contributed by atoms with Gasteiger partial charge in [0.05, 0.1) is 11.6 Å². The third-order valence-corrected chi connectivity index (χ3v) is 3.34. The molecule has 1 unspecified atom stereocenters. The van der Waals surface area contributed by atoms with E-state index in [4.69, 9.17) is 5.73 Å². The lowest BCUT2D eigenvalue weighted by Gasteiger charge is -2.13. The molecule has 1 heterocycles. The van der Waals surface area contributed by atoms with Gasteiger partial charge in [-0.25, -0.2) is 13.2 Å². The molecule has 2 aromatic carbocycles. The maximum Gasteiger partial charge on any atom is 0.194 e. The predicted octanol–water partition coefficient (Wildman–Crippen LogP) is 3.70. The van der Waals surface area contributed by atoms with E-state index < -0.39 is 23.5 Å². The monoisotopic (exact) mass is 288 g/mol. The fraction of sp³-hybridized carbons (Fsp3) is 0.0625. The maximum atomic E-state index is 13.3. The summed E-state index contributed by atoms with van der Waals surface area (Å²) in [6.07, 6.45) is 1.55. The zero-order chi connectivity index (χ0) is 15.0. The lowest BCUT2D eigenvalue weighted by atomic mass is 9.99. The van der Waals surface area contributed by atoms with Crippen LogP contribution < -0.4 is 5.73 Å². The molecule has 0 saturated heterocycles. The van der Waals surface area contributed by atoms with Gasteiger partial charge in [0.2, 0.25) is 0 Å². The standard InChI is InChI=1S/C16H11F3N2/c17-12-6-10(7-13(18)15(12)19)16(20)11-5-9-3-1-2-4-14(9)21-8-11/h1-8,16H,20H2. The molecule has 1 aromatic heterocycles. The Hall–Kier alpha value is -2.40. The minimum absolute atomic E-state index is 0.156. The Morgan fingerprint density at radius 3 is 2.29 bits per heavy atom. The van der Waals surface area contributed by atoms with E-state index in [1.807, 2.05) is 24.3 Å². The van der Waals surface area contributed by atoms with Gasteiger partial charge in [-0.3, -0.25) is 4.98 Å². The fourth-order valence-corrected chi connectivity index (χ4v) is 2.21. The van der Waals surface area contributed by atoms with Crippen LogP contribution in [0.5, 0.6) is 0 Å². The van der Waals surface area contributed by atoms with E-state index in [9.17, 15) is 13.2 Å². The Kier molecular flexibility index (Phi) is 3.35. The van der Waals surface area contributed by atoms with E-state index in [-0.39, 0.29) is 5.56 Å². The van der Waals surface area contributed by atoms with E-state index in [2.05, 4.69) is 4.98 Å². The molecule has 3 rings (SSSR count).